The largest absolute Gasteiger partial charge is 0.492 e. The molecular formula is C35H50ClN2O2S+. The summed E-state index contributed by atoms with van der Waals surface area (Å²) in [6.45, 7) is 5.81. The molecule has 0 saturated carbocycles. The van der Waals surface area contributed by atoms with Gasteiger partial charge in [0.05, 0.1) is 23.6 Å². The van der Waals surface area contributed by atoms with Gasteiger partial charge in [0, 0.05) is 18.2 Å². The van der Waals surface area contributed by atoms with E-state index in [0.29, 0.717) is 23.9 Å². The number of nitrogens with zero attached hydrogens (tertiary/aromatic N) is 2. The molecule has 0 saturated heterocycles. The maximum Gasteiger partial charge on any atom is 0.224 e. The topological polar surface area (TPSA) is 33.4 Å². The zero-order chi connectivity index (χ0) is 29.1. The Morgan fingerprint density at radius 3 is 2.10 bits per heavy atom. The summed E-state index contributed by atoms with van der Waals surface area (Å²) >= 11 is 8.25. The molecule has 0 bridgehead atoms. The average Bonchev–Trinajstić information content (AvgIpc) is 3.48. The molecule has 3 rings (SSSR count). The van der Waals surface area contributed by atoms with E-state index in [1.165, 1.54) is 83.5 Å². The molecule has 0 atom stereocenters. The minimum Gasteiger partial charge on any atom is -0.492 e. The van der Waals surface area contributed by atoms with E-state index < -0.39 is 0 Å². The summed E-state index contributed by atoms with van der Waals surface area (Å²) in [7, 11) is 0. The molecule has 0 radical (unpaired) electrons. The SMILES string of the molecule is CCCCCCCCCCCCCCCCOc1ccc(CN(C(C)=O)c2cccc(C[n+]3ccsc3)c2)cc1Cl. The number of carbonyl (C=O) groups excluding carboxylic acids is 1. The van der Waals surface area contributed by atoms with Crippen LogP contribution in [0, 0.1) is 0 Å². The number of ether oxygens (including phenoxy) is 1. The number of benzene rings is 2. The smallest absolute Gasteiger partial charge is 0.224 e. The van der Waals surface area contributed by atoms with Crippen LogP contribution in [-0.2, 0) is 17.9 Å². The third kappa shape index (κ3) is 13.0. The van der Waals surface area contributed by atoms with Crippen molar-refractivity contribution >= 4 is 34.5 Å². The molecule has 1 amide bonds. The van der Waals surface area contributed by atoms with Crippen LogP contribution >= 0.6 is 22.9 Å². The van der Waals surface area contributed by atoms with E-state index in [2.05, 4.69) is 40.7 Å². The molecule has 6 heteroatoms. The van der Waals surface area contributed by atoms with Gasteiger partial charge in [-0.15, -0.1) is 0 Å². The van der Waals surface area contributed by atoms with E-state index in [9.17, 15) is 4.79 Å². The Morgan fingerprint density at radius 2 is 1.51 bits per heavy atom. The van der Waals surface area contributed by atoms with Gasteiger partial charge in [-0.1, -0.05) is 132 Å². The van der Waals surface area contributed by atoms with Crippen molar-refractivity contribution in [3.63, 3.8) is 0 Å². The summed E-state index contributed by atoms with van der Waals surface area (Å²) in [6, 6.07) is 14.0. The molecule has 0 aliphatic heterocycles. The second kappa shape index (κ2) is 19.7. The number of amides is 1. The quantitative estimate of drug-likeness (QED) is 0.0904. The highest BCUT2D eigenvalue weighted by atomic mass is 35.5. The van der Waals surface area contributed by atoms with Crippen LogP contribution in [-0.4, -0.2) is 12.5 Å². The monoisotopic (exact) mass is 597 g/mol. The standard InChI is InChI=1S/C35H50ClN2O2S/c1-3-4-5-6-7-8-9-10-11-12-13-14-15-16-23-40-35-21-20-32(26-34(35)36)28-38(30(2)39)33-19-17-18-31(25-33)27-37-22-24-41-29-37/h17-22,24-26,29H,3-16,23,27-28H2,1-2H3/q+1. The number of hydrogen-bond donors (Lipinski definition) is 0. The van der Waals surface area contributed by atoms with Gasteiger partial charge in [-0.3, -0.25) is 4.79 Å². The van der Waals surface area contributed by atoms with E-state index in [4.69, 9.17) is 16.3 Å². The summed E-state index contributed by atoms with van der Waals surface area (Å²) in [5.41, 5.74) is 5.11. The molecule has 2 aromatic carbocycles. The lowest BCUT2D eigenvalue weighted by Crippen LogP contribution is -2.31. The van der Waals surface area contributed by atoms with Crippen LogP contribution in [0.15, 0.2) is 59.6 Å². The number of anilines is 1. The molecule has 0 spiro atoms. The van der Waals surface area contributed by atoms with Gasteiger partial charge in [0.2, 0.25) is 11.4 Å². The zero-order valence-corrected chi connectivity index (χ0v) is 26.9. The maximum absolute atomic E-state index is 12.6. The molecule has 1 heterocycles. The molecule has 224 valence electrons. The van der Waals surface area contributed by atoms with Crippen molar-refractivity contribution in [3.8, 4) is 5.75 Å². The Morgan fingerprint density at radius 1 is 0.854 bits per heavy atom. The van der Waals surface area contributed by atoms with Crippen molar-refractivity contribution in [3.05, 3.63) is 75.7 Å². The van der Waals surface area contributed by atoms with Crippen molar-refractivity contribution in [2.45, 2.75) is 117 Å². The summed E-state index contributed by atoms with van der Waals surface area (Å²) in [6.07, 6.45) is 20.9. The minimum atomic E-state index is -0.000380. The molecule has 0 N–H and O–H groups in total. The number of unbranched alkanes of at least 4 members (excludes halogenated alkanes) is 13. The molecule has 1 aromatic heterocycles. The Labute approximate surface area is 257 Å². The van der Waals surface area contributed by atoms with Gasteiger partial charge in [-0.25, -0.2) is 0 Å². The Hall–Kier alpha value is -2.37. The minimum absolute atomic E-state index is 0.000380. The highest BCUT2D eigenvalue weighted by molar-refractivity contribution is 7.07. The number of hydrogen-bond acceptors (Lipinski definition) is 3. The number of rotatable bonds is 21. The molecule has 0 aliphatic rings. The van der Waals surface area contributed by atoms with Crippen LogP contribution < -0.4 is 14.2 Å². The zero-order valence-electron chi connectivity index (χ0n) is 25.3. The normalized spacial score (nSPS) is 11.1. The van der Waals surface area contributed by atoms with Crippen molar-refractivity contribution in [2.75, 3.05) is 11.5 Å². The third-order valence-electron chi connectivity index (χ3n) is 7.59. The second-order valence-electron chi connectivity index (χ2n) is 11.2. The molecule has 0 fully saturated rings. The van der Waals surface area contributed by atoms with Crippen LogP contribution in [0.25, 0.3) is 0 Å². The third-order valence-corrected chi connectivity index (χ3v) is 8.55. The fraction of sp³-hybridized carbons (Fsp3) is 0.543. The fourth-order valence-electron chi connectivity index (χ4n) is 5.19. The van der Waals surface area contributed by atoms with E-state index in [0.717, 1.165) is 29.8 Å². The summed E-state index contributed by atoms with van der Waals surface area (Å²) in [5, 5.41) is 2.65. The maximum atomic E-state index is 12.6. The van der Waals surface area contributed by atoms with Gasteiger partial charge in [-0.05, 0) is 36.2 Å². The van der Waals surface area contributed by atoms with Crippen LogP contribution in [0.2, 0.25) is 5.02 Å². The fourth-order valence-corrected chi connectivity index (χ4v) is 6.05. The van der Waals surface area contributed by atoms with E-state index in [-0.39, 0.29) is 5.91 Å². The van der Waals surface area contributed by atoms with Crippen LogP contribution in [0.3, 0.4) is 0 Å². The number of thiazole rings is 1. The van der Waals surface area contributed by atoms with Crippen molar-refractivity contribution in [2.24, 2.45) is 0 Å². The van der Waals surface area contributed by atoms with Crippen molar-refractivity contribution in [1.82, 2.24) is 0 Å². The lowest BCUT2D eigenvalue weighted by Gasteiger charge is -2.22. The lowest BCUT2D eigenvalue weighted by atomic mass is 10.0. The van der Waals surface area contributed by atoms with Crippen LogP contribution in [0.5, 0.6) is 5.75 Å². The van der Waals surface area contributed by atoms with E-state index in [1.807, 2.05) is 30.3 Å². The van der Waals surface area contributed by atoms with E-state index in [1.54, 1.807) is 23.2 Å². The van der Waals surface area contributed by atoms with Gasteiger partial charge in [0.1, 0.15) is 5.75 Å². The summed E-state index contributed by atoms with van der Waals surface area (Å²) < 4.78 is 8.13. The van der Waals surface area contributed by atoms with Crippen molar-refractivity contribution < 1.29 is 14.1 Å². The summed E-state index contributed by atoms with van der Waals surface area (Å²) in [4.78, 5) is 14.4. The lowest BCUT2D eigenvalue weighted by molar-refractivity contribution is -0.683. The highest BCUT2D eigenvalue weighted by Gasteiger charge is 2.15. The molecule has 0 aliphatic carbocycles. The Bertz CT molecular complexity index is 1130. The van der Waals surface area contributed by atoms with Gasteiger partial charge in [0.25, 0.3) is 0 Å². The van der Waals surface area contributed by atoms with Crippen LogP contribution in [0.1, 0.15) is 115 Å². The number of aromatic nitrogens is 1. The first kappa shape index (κ1) is 33.1. The molecule has 4 nitrogen and oxygen atoms in total. The number of carbonyl (C=O) groups is 1. The van der Waals surface area contributed by atoms with Crippen molar-refractivity contribution in [1.29, 1.82) is 0 Å². The molecule has 0 unspecified atom stereocenters. The Balaban J connectivity index is 1.33. The number of halogens is 1. The van der Waals surface area contributed by atoms with Gasteiger partial charge in [0.15, 0.2) is 12.7 Å². The Kier molecular flexibility index (Phi) is 15.9. The second-order valence-corrected chi connectivity index (χ2v) is 12.3. The first-order valence-electron chi connectivity index (χ1n) is 15.8. The molecule has 3 aromatic rings. The summed E-state index contributed by atoms with van der Waals surface area (Å²) in [5.74, 6) is 0.717. The highest BCUT2D eigenvalue weighted by Crippen LogP contribution is 2.28. The average molecular weight is 598 g/mol. The first-order chi connectivity index (χ1) is 20.1. The molecule has 41 heavy (non-hydrogen) atoms. The van der Waals surface area contributed by atoms with Gasteiger partial charge < -0.3 is 9.64 Å². The van der Waals surface area contributed by atoms with E-state index >= 15 is 0 Å². The van der Waals surface area contributed by atoms with Crippen LogP contribution in [0.4, 0.5) is 5.69 Å². The predicted octanol–water partition coefficient (Wildman–Crippen LogP) is 10.2. The van der Waals surface area contributed by atoms with Gasteiger partial charge in [-0.2, -0.15) is 4.57 Å². The molecular weight excluding hydrogens is 548 g/mol. The first-order valence-corrected chi connectivity index (χ1v) is 17.1. The van der Waals surface area contributed by atoms with Gasteiger partial charge >= 0.3 is 0 Å². The predicted molar refractivity (Wildman–Crippen MR) is 174 cm³/mol.